The molecule has 2 fully saturated rings. The lowest BCUT2D eigenvalue weighted by atomic mass is 10.1. The van der Waals surface area contributed by atoms with Crippen LogP contribution in [0.25, 0.3) is 0 Å². The predicted molar refractivity (Wildman–Crippen MR) is 72.1 cm³/mol. The molecule has 98 valence electrons. The zero-order valence-electron chi connectivity index (χ0n) is 10.6. The van der Waals surface area contributed by atoms with Crippen molar-refractivity contribution in [1.82, 2.24) is 9.80 Å². The van der Waals surface area contributed by atoms with Gasteiger partial charge in [-0.15, -0.1) is 0 Å². The summed E-state index contributed by atoms with van der Waals surface area (Å²) in [5.74, 6) is 2.46. The molecular weight excluding hydrogens is 234 g/mol. The summed E-state index contributed by atoms with van der Waals surface area (Å²) in [5.41, 5.74) is 5.87. The third kappa shape index (κ3) is 3.60. The lowest BCUT2D eigenvalue weighted by Crippen LogP contribution is -2.50. The highest BCUT2D eigenvalue weighted by Gasteiger charge is 2.26. The molecule has 1 amide bonds. The number of carbonyl (C=O) groups is 1. The van der Waals surface area contributed by atoms with E-state index in [4.69, 9.17) is 5.73 Å². The van der Waals surface area contributed by atoms with E-state index < -0.39 is 0 Å². The average molecular weight is 257 g/mol. The third-order valence-electron chi connectivity index (χ3n) is 3.68. The van der Waals surface area contributed by atoms with Gasteiger partial charge in [0.05, 0.1) is 6.54 Å². The normalized spacial score (nSPS) is 28.4. The second-order valence-corrected chi connectivity index (χ2v) is 6.27. The highest BCUT2D eigenvalue weighted by Crippen LogP contribution is 2.17. The van der Waals surface area contributed by atoms with Crippen molar-refractivity contribution in [3.05, 3.63) is 0 Å². The number of hydrogen-bond acceptors (Lipinski definition) is 4. The zero-order chi connectivity index (χ0) is 12.3. The van der Waals surface area contributed by atoms with E-state index in [1.54, 1.807) is 0 Å². The van der Waals surface area contributed by atoms with Crippen molar-refractivity contribution in [2.75, 3.05) is 37.7 Å². The summed E-state index contributed by atoms with van der Waals surface area (Å²) in [7, 11) is 0. The number of thioether (sulfide) groups is 1. The first-order chi connectivity index (χ1) is 8.16. The quantitative estimate of drug-likeness (QED) is 0.777. The molecule has 2 heterocycles. The predicted octanol–water partition coefficient (Wildman–Crippen LogP) is 0.373. The minimum absolute atomic E-state index is 0.299. The van der Waals surface area contributed by atoms with Crippen molar-refractivity contribution in [3.8, 4) is 0 Å². The van der Waals surface area contributed by atoms with Crippen LogP contribution in [0.1, 0.15) is 19.8 Å². The van der Waals surface area contributed by atoms with E-state index in [1.807, 2.05) is 16.7 Å². The number of hydrogen-bond donors (Lipinski definition) is 1. The van der Waals surface area contributed by atoms with Gasteiger partial charge in [-0.25, -0.2) is 0 Å². The lowest BCUT2D eigenvalue weighted by Gasteiger charge is -2.36. The van der Waals surface area contributed by atoms with E-state index in [1.165, 1.54) is 0 Å². The number of rotatable bonds is 2. The van der Waals surface area contributed by atoms with Gasteiger partial charge in [-0.2, -0.15) is 11.8 Å². The topological polar surface area (TPSA) is 49.6 Å². The van der Waals surface area contributed by atoms with Gasteiger partial charge in [0.25, 0.3) is 0 Å². The summed E-state index contributed by atoms with van der Waals surface area (Å²) < 4.78 is 0. The smallest absolute Gasteiger partial charge is 0.237 e. The van der Waals surface area contributed by atoms with Gasteiger partial charge < -0.3 is 10.6 Å². The molecule has 5 heteroatoms. The Balaban J connectivity index is 1.79. The van der Waals surface area contributed by atoms with Crippen LogP contribution in [0.2, 0.25) is 0 Å². The highest BCUT2D eigenvalue weighted by molar-refractivity contribution is 7.99. The number of nitrogens with zero attached hydrogens (tertiary/aromatic N) is 2. The van der Waals surface area contributed by atoms with Crippen molar-refractivity contribution < 1.29 is 4.79 Å². The van der Waals surface area contributed by atoms with Gasteiger partial charge in [-0.3, -0.25) is 9.69 Å². The van der Waals surface area contributed by atoms with Gasteiger partial charge in [0, 0.05) is 43.2 Å². The first-order valence-corrected chi connectivity index (χ1v) is 7.67. The number of nitrogens with two attached hydrogens (primary N) is 1. The number of likely N-dealkylation sites (tertiary alicyclic amines) is 1. The minimum Gasteiger partial charge on any atom is -0.337 e. The minimum atomic E-state index is 0.299. The third-order valence-corrected chi connectivity index (χ3v) is 4.87. The van der Waals surface area contributed by atoms with Crippen LogP contribution in [0.4, 0.5) is 0 Å². The molecule has 4 nitrogen and oxygen atoms in total. The van der Waals surface area contributed by atoms with E-state index in [2.05, 4.69) is 11.8 Å². The Hall–Kier alpha value is -0.260. The van der Waals surface area contributed by atoms with Gasteiger partial charge in [0.1, 0.15) is 0 Å². The maximum Gasteiger partial charge on any atom is 0.237 e. The maximum atomic E-state index is 12.2. The van der Waals surface area contributed by atoms with Gasteiger partial charge in [0.2, 0.25) is 5.91 Å². The van der Waals surface area contributed by atoms with Crippen LogP contribution in [-0.2, 0) is 4.79 Å². The van der Waals surface area contributed by atoms with Crippen LogP contribution < -0.4 is 5.73 Å². The van der Waals surface area contributed by atoms with Gasteiger partial charge in [0.15, 0.2) is 0 Å². The fraction of sp³-hybridized carbons (Fsp3) is 0.917. The molecule has 2 aliphatic heterocycles. The van der Waals surface area contributed by atoms with E-state index in [0.717, 1.165) is 44.0 Å². The molecule has 0 aromatic rings. The van der Waals surface area contributed by atoms with Gasteiger partial charge >= 0.3 is 0 Å². The summed E-state index contributed by atoms with van der Waals surface area (Å²) in [5, 5.41) is 0. The van der Waals surface area contributed by atoms with E-state index in [-0.39, 0.29) is 0 Å². The van der Waals surface area contributed by atoms with Crippen LogP contribution in [0.5, 0.6) is 0 Å². The maximum absolute atomic E-state index is 12.2. The number of piperidine rings is 1. The molecule has 0 spiro atoms. The molecule has 1 unspecified atom stereocenters. The van der Waals surface area contributed by atoms with E-state index in [0.29, 0.717) is 24.5 Å². The highest BCUT2D eigenvalue weighted by atomic mass is 32.2. The van der Waals surface area contributed by atoms with Crippen molar-refractivity contribution in [2.24, 2.45) is 5.73 Å². The molecule has 2 N–H and O–H groups in total. The van der Waals surface area contributed by atoms with Gasteiger partial charge in [-0.05, 0) is 19.8 Å². The van der Waals surface area contributed by atoms with Crippen LogP contribution in [0, 0.1) is 0 Å². The first-order valence-electron chi connectivity index (χ1n) is 6.52. The monoisotopic (exact) mass is 257 g/mol. The fourth-order valence-corrected chi connectivity index (χ4v) is 3.50. The Bertz CT molecular complexity index is 266. The molecule has 0 radical (unpaired) electrons. The fourth-order valence-electron chi connectivity index (χ4n) is 2.49. The molecule has 2 rings (SSSR count). The summed E-state index contributed by atoms with van der Waals surface area (Å²) in [6, 6.07) is 0.736. The number of amides is 1. The number of carbonyl (C=O) groups excluding carboxylic acids is 1. The Morgan fingerprint density at radius 2 is 2.06 bits per heavy atom. The largest absolute Gasteiger partial charge is 0.337 e. The van der Waals surface area contributed by atoms with Crippen LogP contribution in [-0.4, -0.2) is 65.5 Å². The molecule has 0 saturated carbocycles. The Kier molecular flexibility index (Phi) is 4.70. The average Bonchev–Trinajstić information content (AvgIpc) is 2.32. The Labute approximate surface area is 108 Å². The Morgan fingerprint density at radius 3 is 2.71 bits per heavy atom. The van der Waals surface area contributed by atoms with E-state index >= 15 is 0 Å². The first kappa shape index (κ1) is 13.2. The van der Waals surface area contributed by atoms with Crippen LogP contribution in [0.3, 0.4) is 0 Å². The summed E-state index contributed by atoms with van der Waals surface area (Å²) in [6.45, 7) is 5.60. The molecule has 2 saturated heterocycles. The zero-order valence-corrected chi connectivity index (χ0v) is 11.4. The summed E-state index contributed by atoms with van der Waals surface area (Å²) in [4.78, 5) is 16.5. The molecule has 0 aromatic carbocycles. The van der Waals surface area contributed by atoms with E-state index in [9.17, 15) is 4.79 Å². The Morgan fingerprint density at radius 1 is 1.35 bits per heavy atom. The molecule has 0 bridgehead atoms. The molecule has 0 aliphatic carbocycles. The molecule has 2 aliphatic rings. The van der Waals surface area contributed by atoms with Gasteiger partial charge in [-0.1, -0.05) is 0 Å². The molecule has 0 aromatic heterocycles. The molecular formula is C12H23N3OS. The van der Waals surface area contributed by atoms with Crippen LogP contribution >= 0.6 is 11.8 Å². The molecule has 17 heavy (non-hydrogen) atoms. The van der Waals surface area contributed by atoms with Crippen LogP contribution in [0.15, 0.2) is 0 Å². The second kappa shape index (κ2) is 6.07. The molecule has 1 atom stereocenters. The van der Waals surface area contributed by atoms with Crippen molar-refractivity contribution in [3.63, 3.8) is 0 Å². The summed E-state index contributed by atoms with van der Waals surface area (Å²) in [6.07, 6.45) is 2.05. The SMILES string of the molecule is CC1CSCCN1C(=O)CN1CCC(N)CC1. The lowest BCUT2D eigenvalue weighted by molar-refractivity contribution is -0.134. The summed E-state index contributed by atoms with van der Waals surface area (Å²) >= 11 is 1.95. The standard InChI is InChI=1S/C12H23N3OS/c1-10-9-17-7-6-15(10)12(16)8-14-4-2-11(13)3-5-14/h10-11H,2-9,13H2,1H3. The van der Waals surface area contributed by atoms with Crippen molar-refractivity contribution in [2.45, 2.75) is 31.8 Å². The van der Waals surface area contributed by atoms with Crippen molar-refractivity contribution in [1.29, 1.82) is 0 Å². The second-order valence-electron chi connectivity index (χ2n) is 5.12. The van der Waals surface area contributed by atoms with Crippen molar-refractivity contribution >= 4 is 17.7 Å².